The fraction of sp³-hybridized carbons (Fsp3) is 0.417. The molecule has 1 aromatic rings. The van der Waals surface area contributed by atoms with E-state index in [-0.39, 0.29) is 12.0 Å². The third kappa shape index (κ3) is 1.39. The predicted octanol–water partition coefficient (Wildman–Crippen LogP) is 0.812. The number of hydrogen-bond donors (Lipinski definition) is 2. The van der Waals surface area contributed by atoms with E-state index in [0.29, 0.717) is 17.8 Å². The molecule has 5 heteroatoms. The van der Waals surface area contributed by atoms with Gasteiger partial charge >= 0.3 is 0 Å². The molecule has 0 saturated heterocycles. The summed E-state index contributed by atoms with van der Waals surface area (Å²) in [6.45, 7) is 2.43. The Labute approximate surface area is 99.3 Å². The van der Waals surface area contributed by atoms with E-state index >= 15 is 0 Å². The number of nitrogens with zero attached hydrogens (tertiary/aromatic N) is 1. The Kier molecular flexibility index (Phi) is 2.06. The van der Waals surface area contributed by atoms with E-state index in [1.165, 1.54) is 5.01 Å². The van der Waals surface area contributed by atoms with Crippen molar-refractivity contribution in [1.29, 1.82) is 0 Å². The molecule has 0 saturated carbocycles. The third-order valence-corrected chi connectivity index (χ3v) is 3.46. The number of rotatable bonds is 0. The number of benzene rings is 1. The van der Waals surface area contributed by atoms with E-state index in [1.54, 1.807) is 6.07 Å². The molecule has 4 N–H and O–H groups in total. The Morgan fingerprint density at radius 2 is 2.24 bits per heavy atom. The lowest BCUT2D eigenvalue weighted by molar-refractivity contribution is 0.0778. The summed E-state index contributed by atoms with van der Waals surface area (Å²) >= 11 is 0. The topological polar surface area (TPSA) is 81.6 Å². The number of nitrogen functional groups attached to an aromatic ring is 1. The van der Waals surface area contributed by atoms with Crippen LogP contribution in [0.3, 0.4) is 0 Å². The molecule has 5 nitrogen and oxygen atoms in total. The lowest BCUT2D eigenvalue weighted by Gasteiger charge is -2.26. The predicted molar refractivity (Wildman–Crippen MR) is 63.3 cm³/mol. The number of hydrazine groups is 1. The monoisotopic (exact) mass is 233 g/mol. The molecule has 1 aromatic carbocycles. The van der Waals surface area contributed by atoms with E-state index < -0.39 is 0 Å². The highest BCUT2D eigenvalue weighted by Gasteiger charge is 2.33. The van der Waals surface area contributed by atoms with Crippen LogP contribution in [0, 0.1) is 0 Å². The van der Waals surface area contributed by atoms with Gasteiger partial charge in [-0.25, -0.2) is 5.84 Å². The number of hydrogen-bond acceptors (Lipinski definition) is 4. The normalized spacial score (nSPS) is 22.1. The number of ether oxygens (including phenoxy) is 1. The van der Waals surface area contributed by atoms with Gasteiger partial charge in [0.05, 0.1) is 18.2 Å². The third-order valence-electron chi connectivity index (χ3n) is 3.46. The van der Waals surface area contributed by atoms with Crippen LogP contribution in [-0.4, -0.2) is 17.0 Å². The van der Waals surface area contributed by atoms with Gasteiger partial charge < -0.3 is 10.5 Å². The second kappa shape index (κ2) is 3.37. The Morgan fingerprint density at radius 1 is 1.47 bits per heavy atom. The van der Waals surface area contributed by atoms with Gasteiger partial charge in [-0.1, -0.05) is 0 Å². The molecule has 0 unspecified atom stereocenters. The van der Waals surface area contributed by atoms with Crippen molar-refractivity contribution in [2.75, 3.05) is 5.73 Å². The van der Waals surface area contributed by atoms with Crippen molar-refractivity contribution >= 4 is 11.6 Å². The first kappa shape index (κ1) is 10.4. The molecule has 17 heavy (non-hydrogen) atoms. The van der Waals surface area contributed by atoms with Crippen LogP contribution in [0.25, 0.3) is 0 Å². The lowest BCUT2D eigenvalue weighted by Crippen LogP contribution is -2.30. The zero-order valence-electron chi connectivity index (χ0n) is 9.69. The van der Waals surface area contributed by atoms with Gasteiger partial charge in [-0.3, -0.25) is 9.80 Å². The summed E-state index contributed by atoms with van der Waals surface area (Å²) in [5.74, 6) is 6.23. The van der Waals surface area contributed by atoms with Crippen LogP contribution < -0.4 is 16.3 Å². The Balaban J connectivity index is 2.20. The van der Waals surface area contributed by atoms with Crippen LogP contribution in [0.15, 0.2) is 6.07 Å². The molecule has 0 fully saturated rings. The maximum Gasteiger partial charge on any atom is 0.268 e. The van der Waals surface area contributed by atoms with Crippen LogP contribution in [-0.2, 0) is 13.0 Å². The molecular formula is C12H15N3O2. The number of fused-ring (bicyclic) bond motifs is 3. The van der Waals surface area contributed by atoms with Gasteiger partial charge in [-0.05, 0) is 25.8 Å². The molecule has 90 valence electrons. The van der Waals surface area contributed by atoms with Gasteiger partial charge in [0.2, 0.25) is 0 Å². The van der Waals surface area contributed by atoms with Gasteiger partial charge in [0.25, 0.3) is 5.91 Å². The second-order valence-corrected chi connectivity index (χ2v) is 4.70. The summed E-state index contributed by atoms with van der Waals surface area (Å²) in [6, 6.07) is 1.72. The largest absolute Gasteiger partial charge is 0.490 e. The molecule has 0 aromatic heterocycles. The van der Waals surface area contributed by atoms with Crippen molar-refractivity contribution in [3.8, 4) is 5.75 Å². The summed E-state index contributed by atoms with van der Waals surface area (Å²) in [5, 5.41) is 1.20. The summed E-state index contributed by atoms with van der Waals surface area (Å²) in [6.07, 6.45) is 2.01. The van der Waals surface area contributed by atoms with Crippen LogP contribution in [0.4, 0.5) is 5.69 Å². The maximum absolute atomic E-state index is 11.8. The second-order valence-electron chi connectivity index (χ2n) is 4.70. The number of nitrogens with two attached hydrogens (primary N) is 2. The van der Waals surface area contributed by atoms with Gasteiger partial charge in [0, 0.05) is 16.8 Å². The first-order chi connectivity index (χ1) is 8.08. The Hall–Kier alpha value is -1.75. The van der Waals surface area contributed by atoms with Gasteiger partial charge in [-0.15, -0.1) is 0 Å². The van der Waals surface area contributed by atoms with Crippen LogP contribution in [0.1, 0.15) is 34.8 Å². The lowest BCUT2D eigenvalue weighted by atomic mass is 9.95. The first-order valence-corrected chi connectivity index (χ1v) is 5.75. The van der Waals surface area contributed by atoms with Crippen molar-refractivity contribution < 1.29 is 9.53 Å². The van der Waals surface area contributed by atoms with E-state index in [2.05, 4.69) is 0 Å². The van der Waals surface area contributed by atoms with Crippen molar-refractivity contribution in [3.63, 3.8) is 0 Å². The highest BCUT2D eigenvalue weighted by atomic mass is 16.5. The Bertz CT molecular complexity index is 513. The fourth-order valence-corrected chi connectivity index (χ4v) is 2.52. The average Bonchev–Trinajstić information content (AvgIpc) is 2.57. The van der Waals surface area contributed by atoms with E-state index in [1.807, 2.05) is 6.92 Å². The summed E-state index contributed by atoms with van der Waals surface area (Å²) in [4.78, 5) is 11.8. The summed E-state index contributed by atoms with van der Waals surface area (Å²) < 4.78 is 5.84. The van der Waals surface area contributed by atoms with Crippen LogP contribution >= 0.6 is 0 Å². The van der Waals surface area contributed by atoms with Gasteiger partial charge in [0.15, 0.2) is 0 Å². The van der Waals surface area contributed by atoms with Crippen molar-refractivity contribution in [2.24, 2.45) is 5.84 Å². The molecule has 2 heterocycles. The Morgan fingerprint density at radius 3 is 3.00 bits per heavy atom. The van der Waals surface area contributed by atoms with E-state index in [0.717, 1.165) is 29.7 Å². The molecule has 0 spiro atoms. The van der Waals surface area contributed by atoms with Crippen molar-refractivity contribution in [2.45, 2.75) is 32.4 Å². The first-order valence-electron chi connectivity index (χ1n) is 5.75. The number of carbonyl (C=O) groups excluding carboxylic acids is 1. The number of amides is 1. The average molecular weight is 233 g/mol. The smallest absolute Gasteiger partial charge is 0.268 e. The van der Waals surface area contributed by atoms with Crippen LogP contribution in [0.5, 0.6) is 5.75 Å². The molecule has 1 atom stereocenters. The minimum Gasteiger partial charge on any atom is -0.490 e. The molecule has 0 radical (unpaired) electrons. The van der Waals surface area contributed by atoms with Crippen molar-refractivity contribution in [1.82, 2.24) is 5.01 Å². The minimum absolute atomic E-state index is 0.162. The SMILES string of the molecule is C[C@@H]1CCc2c(N)cc3c(c2O1)CN(N)C3=O. The molecule has 2 aliphatic rings. The number of carbonyl (C=O) groups is 1. The quantitative estimate of drug-likeness (QED) is 0.395. The van der Waals surface area contributed by atoms with Gasteiger partial charge in [-0.2, -0.15) is 0 Å². The van der Waals surface area contributed by atoms with E-state index in [9.17, 15) is 4.79 Å². The molecule has 2 aliphatic heterocycles. The number of anilines is 1. The molecule has 0 aliphatic carbocycles. The molecular weight excluding hydrogens is 218 g/mol. The van der Waals surface area contributed by atoms with Gasteiger partial charge in [0.1, 0.15) is 5.75 Å². The van der Waals surface area contributed by atoms with Crippen molar-refractivity contribution in [3.05, 3.63) is 22.8 Å². The zero-order chi connectivity index (χ0) is 12.2. The standard InChI is InChI=1S/C12H15N3O2/c1-6-2-3-7-10(13)4-8-9(11(7)17-6)5-15(14)12(8)16/h4,6H,2-3,5,13-14H2,1H3/t6-/m1/s1. The fourth-order valence-electron chi connectivity index (χ4n) is 2.52. The summed E-state index contributed by atoms with van der Waals surface area (Å²) in [5.41, 5.74) is 9.09. The molecule has 0 bridgehead atoms. The molecule has 1 amide bonds. The van der Waals surface area contributed by atoms with Crippen LogP contribution in [0.2, 0.25) is 0 Å². The molecule has 3 rings (SSSR count). The summed E-state index contributed by atoms with van der Waals surface area (Å²) in [7, 11) is 0. The van der Waals surface area contributed by atoms with E-state index in [4.69, 9.17) is 16.3 Å². The zero-order valence-corrected chi connectivity index (χ0v) is 9.69. The minimum atomic E-state index is -0.184. The highest BCUT2D eigenvalue weighted by molar-refractivity contribution is 6.00. The highest BCUT2D eigenvalue weighted by Crippen LogP contribution is 2.40. The maximum atomic E-state index is 11.8.